The molecule has 0 radical (unpaired) electrons. The third-order valence-electron chi connectivity index (χ3n) is 1.92. The Balaban J connectivity index is 2.29. The van der Waals surface area contributed by atoms with Crippen molar-refractivity contribution in [3.05, 3.63) is 24.5 Å². The molecule has 1 heterocycles. The molecule has 18 heavy (non-hydrogen) atoms. The number of hydrogen-bond acceptors (Lipinski definition) is 3. The first kappa shape index (κ1) is 14.3. The van der Waals surface area contributed by atoms with E-state index in [1.165, 1.54) is 6.20 Å². The number of nitrogens with zero attached hydrogens (tertiary/aromatic N) is 1. The van der Waals surface area contributed by atoms with E-state index in [0.717, 1.165) is 0 Å². The summed E-state index contributed by atoms with van der Waals surface area (Å²) < 4.78 is 41.0. The van der Waals surface area contributed by atoms with Gasteiger partial charge in [0.15, 0.2) is 0 Å². The molecule has 4 nitrogen and oxygen atoms in total. The lowest BCUT2D eigenvalue weighted by atomic mass is 10.3. The van der Waals surface area contributed by atoms with Crippen molar-refractivity contribution in [2.75, 3.05) is 6.54 Å². The van der Waals surface area contributed by atoms with E-state index in [1.54, 1.807) is 25.3 Å². The molecule has 0 fully saturated rings. The van der Waals surface area contributed by atoms with Crippen molar-refractivity contribution in [2.24, 2.45) is 0 Å². The van der Waals surface area contributed by atoms with Gasteiger partial charge >= 0.3 is 6.18 Å². The number of ether oxygens (including phenoxy) is 1. The van der Waals surface area contributed by atoms with Gasteiger partial charge in [0.1, 0.15) is 18.3 Å². The fourth-order valence-corrected chi connectivity index (χ4v) is 1.19. The van der Waals surface area contributed by atoms with E-state index in [4.69, 9.17) is 4.74 Å². The van der Waals surface area contributed by atoms with E-state index in [0.29, 0.717) is 5.75 Å². The Morgan fingerprint density at radius 3 is 2.83 bits per heavy atom. The van der Waals surface area contributed by atoms with Crippen LogP contribution in [-0.2, 0) is 4.79 Å². The zero-order valence-corrected chi connectivity index (χ0v) is 9.70. The molecule has 1 rings (SSSR count). The second kappa shape index (κ2) is 6.23. The van der Waals surface area contributed by atoms with Crippen LogP contribution < -0.4 is 10.1 Å². The molecule has 0 bridgehead atoms. The number of alkyl halides is 3. The Labute approximate surface area is 102 Å². The van der Waals surface area contributed by atoms with Crippen LogP contribution in [0.3, 0.4) is 0 Å². The maximum absolute atomic E-state index is 11.9. The van der Waals surface area contributed by atoms with Crippen molar-refractivity contribution in [1.29, 1.82) is 0 Å². The van der Waals surface area contributed by atoms with Crippen LogP contribution in [0.1, 0.15) is 13.3 Å². The molecule has 0 aliphatic carbocycles. The zero-order valence-electron chi connectivity index (χ0n) is 9.70. The molecule has 1 aromatic rings. The lowest BCUT2D eigenvalue weighted by Crippen LogP contribution is -2.35. The van der Waals surface area contributed by atoms with Crippen molar-refractivity contribution in [2.45, 2.75) is 25.6 Å². The molecular weight excluding hydrogens is 249 g/mol. The molecule has 0 saturated heterocycles. The van der Waals surface area contributed by atoms with Crippen LogP contribution in [0.25, 0.3) is 0 Å². The van der Waals surface area contributed by atoms with Crippen LogP contribution in [0.4, 0.5) is 13.2 Å². The van der Waals surface area contributed by atoms with Crippen LogP contribution in [0.5, 0.6) is 5.75 Å². The molecule has 100 valence electrons. The number of carbonyl (C=O) groups is 1. The summed E-state index contributed by atoms with van der Waals surface area (Å²) in [6.45, 7) is 1.64. The molecule has 0 aromatic carbocycles. The summed E-state index contributed by atoms with van der Waals surface area (Å²) in [5.41, 5.74) is 0. The van der Waals surface area contributed by atoms with E-state index in [9.17, 15) is 18.0 Å². The quantitative estimate of drug-likeness (QED) is 0.882. The van der Waals surface area contributed by atoms with Crippen molar-refractivity contribution in [3.8, 4) is 5.75 Å². The highest BCUT2D eigenvalue weighted by molar-refractivity contribution is 5.76. The van der Waals surface area contributed by atoms with Crippen LogP contribution in [0, 0.1) is 0 Å². The first-order chi connectivity index (χ1) is 8.37. The standard InChI is InChI=1S/C11H13F3N2O2/c1-8(18-9-3-2-4-15-7-9)6-16-10(17)5-11(12,13)14/h2-4,7-8H,5-6H2,1H3,(H,16,17). The fourth-order valence-electron chi connectivity index (χ4n) is 1.19. The average molecular weight is 262 g/mol. The lowest BCUT2D eigenvalue weighted by Gasteiger charge is -2.15. The highest BCUT2D eigenvalue weighted by atomic mass is 19.4. The first-order valence-corrected chi connectivity index (χ1v) is 5.27. The highest BCUT2D eigenvalue weighted by Crippen LogP contribution is 2.18. The molecule has 1 aromatic heterocycles. The maximum Gasteiger partial charge on any atom is 0.397 e. The van der Waals surface area contributed by atoms with Gasteiger partial charge < -0.3 is 10.1 Å². The lowest BCUT2D eigenvalue weighted by molar-refractivity contribution is -0.153. The Hall–Kier alpha value is -1.79. The fraction of sp³-hybridized carbons (Fsp3) is 0.455. The number of pyridine rings is 1. The summed E-state index contributed by atoms with van der Waals surface area (Å²) >= 11 is 0. The summed E-state index contributed by atoms with van der Waals surface area (Å²) in [6.07, 6.45) is -3.35. The normalized spacial score (nSPS) is 12.9. The van der Waals surface area contributed by atoms with E-state index < -0.39 is 24.6 Å². The van der Waals surface area contributed by atoms with Crippen molar-refractivity contribution >= 4 is 5.91 Å². The molecule has 1 unspecified atom stereocenters. The third-order valence-corrected chi connectivity index (χ3v) is 1.92. The molecule has 0 saturated carbocycles. The number of halogens is 3. The van der Waals surface area contributed by atoms with E-state index in [2.05, 4.69) is 10.3 Å². The van der Waals surface area contributed by atoms with Crippen molar-refractivity contribution in [1.82, 2.24) is 10.3 Å². The molecule has 0 spiro atoms. The number of aromatic nitrogens is 1. The van der Waals surface area contributed by atoms with Gasteiger partial charge in [-0.3, -0.25) is 9.78 Å². The number of amides is 1. The second-order valence-electron chi connectivity index (χ2n) is 3.71. The minimum Gasteiger partial charge on any atom is -0.487 e. The largest absolute Gasteiger partial charge is 0.487 e. The summed E-state index contributed by atoms with van der Waals surface area (Å²) in [5, 5.41) is 2.15. The van der Waals surface area contributed by atoms with Crippen molar-refractivity contribution in [3.63, 3.8) is 0 Å². The summed E-state index contributed by atoms with van der Waals surface area (Å²) in [5.74, 6) is -0.570. The summed E-state index contributed by atoms with van der Waals surface area (Å²) in [6, 6.07) is 3.34. The predicted molar refractivity (Wildman–Crippen MR) is 58.0 cm³/mol. The predicted octanol–water partition coefficient (Wildman–Crippen LogP) is 1.92. The number of rotatable bonds is 5. The minimum absolute atomic E-state index is 0.00378. The molecule has 0 aliphatic heterocycles. The zero-order chi connectivity index (χ0) is 13.6. The smallest absolute Gasteiger partial charge is 0.397 e. The third kappa shape index (κ3) is 6.07. The maximum atomic E-state index is 11.9. The van der Waals surface area contributed by atoms with Gasteiger partial charge in [-0.1, -0.05) is 0 Å². The van der Waals surface area contributed by atoms with Gasteiger partial charge in [-0.05, 0) is 19.1 Å². The second-order valence-corrected chi connectivity index (χ2v) is 3.71. The Bertz CT molecular complexity index is 382. The topological polar surface area (TPSA) is 51.2 Å². The SMILES string of the molecule is CC(CNC(=O)CC(F)(F)F)Oc1cccnc1. The summed E-state index contributed by atoms with van der Waals surface area (Å²) in [4.78, 5) is 14.7. The highest BCUT2D eigenvalue weighted by Gasteiger charge is 2.31. The first-order valence-electron chi connectivity index (χ1n) is 5.27. The molecular formula is C11H13F3N2O2. The van der Waals surface area contributed by atoms with Gasteiger partial charge in [-0.15, -0.1) is 0 Å². The van der Waals surface area contributed by atoms with Gasteiger partial charge in [-0.25, -0.2) is 0 Å². The Kier molecular flexibility index (Phi) is 4.94. The minimum atomic E-state index is -4.49. The molecule has 1 atom stereocenters. The van der Waals surface area contributed by atoms with Crippen LogP contribution in [0.2, 0.25) is 0 Å². The van der Waals surface area contributed by atoms with Gasteiger partial charge in [0.2, 0.25) is 5.91 Å². The van der Waals surface area contributed by atoms with Crippen LogP contribution in [-0.4, -0.2) is 29.7 Å². The molecule has 0 aliphatic rings. The van der Waals surface area contributed by atoms with Gasteiger partial charge in [0, 0.05) is 6.20 Å². The van der Waals surface area contributed by atoms with Gasteiger partial charge in [0.05, 0.1) is 12.7 Å². The summed E-state index contributed by atoms with van der Waals surface area (Å²) in [7, 11) is 0. The Morgan fingerprint density at radius 2 is 2.28 bits per heavy atom. The van der Waals surface area contributed by atoms with Crippen molar-refractivity contribution < 1.29 is 22.7 Å². The monoisotopic (exact) mass is 262 g/mol. The van der Waals surface area contributed by atoms with E-state index in [1.807, 2.05) is 0 Å². The van der Waals surface area contributed by atoms with Gasteiger partial charge in [0.25, 0.3) is 0 Å². The number of hydrogen-bond donors (Lipinski definition) is 1. The van der Waals surface area contributed by atoms with Gasteiger partial charge in [-0.2, -0.15) is 13.2 Å². The molecule has 1 N–H and O–H groups in total. The Morgan fingerprint density at radius 1 is 1.56 bits per heavy atom. The molecule has 1 amide bonds. The molecule has 7 heteroatoms. The average Bonchev–Trinajstić information content (AvgIpc) is 2.25. The van der Waals surface area contributed by atoms with E-state index >= 15 is 0 Å². The van der Waals surface area contributed by atoms with Crippen LogP contribution >= 0.6 is 0 Å². The number of nitrogens with one attached hydrogen (secondary N) is 1. The van der Waals surface area contributed by atoms with Crippen LogP contribution in [0.15, 0.2) is 24.5 Å². The number of carbonyl (C=O) groups excluding carboxylic acids is 1. The van der Waals surface area contributed by atoms with E-state index in [-0.39, 0.29) is 6.54 Å².